The van der Waals surface area contributed by atoms with Gasteiger partial charge in [-0.1, -0.05) is 13.0 Å². The molecule has 1 aliphatic rings. The Balaban J connectivity index is 1.95. The molecule has 0 aliphatic carbocycles. The number of nitrogens with zero attached hydrogens (tertiary/aromatic N) is 4. The van der Waals surface area contributed by atoms with Gasteiger partial charge in [-0.2, -0.15) is 0 Å². The van der Waals surface area contributed by atoms with Gasteiger partial charge in [0.2, 0.25) is 0 Å². The van der Waals surface area contributed by atoms with Crippen LogP contribution in [0.5, 0.6) is 0 Å². The van der Waals surface area contributed by atoms with E-state index in [1.54, 1.807) is 0 Å². The standard InChI is InChI=1S/C14H18N4O/c1-2-17-8-6-11(7-9-17)14-16-15-13-5-3-4-12(10-19)18(13)14/h3-5,10-11H,2,6-9H2,1H3. The number of pyridine rings is 1. The summed E-state index contributed by atoms with van der Waals surface area (Å²) >= 11 is 0. The molecule has 2 aromatic rings. The van der Waals surface area contributed by atoms with E-state index in [1.807, 2.05) is 22.6 Å². The van der Waals surface area contributed by atoms with Crippen molar-refractivity contribution in [2.75, 3.05) is 19.6 Å². The van der Waals surface area contributed by atoms with Crippen molar-refractivity contribution in [1.29, 1.82) is 0 Å². The first kappa shape index (κ1) is 12.3. The predicted molar refractivity (Wildman–Crippen MR) is 72.5 cm³/mol. The lowest BCUT2D eigenvalue weighted by molar-refractivity contribution is 0.111. The molecular weight excluding hydrogens is 240 g/mol. The van der Waals surface area contributed by atoms with Gasteiger partial charge in [0.05, 0.1) is 5.69 Å². The third-order valence-corrected chi connectivity index (χ3v) is 4.00. The maximum atomic E-state index is 11.2. The average Bonchev–Trinajstić information content (AvgIpc) is 2.91. The number of aldehydes is 1. The minimum atomic E-state index is 0.402. The van der Waals surface area contributed by atoms with Crippen LogP contribution in [0.4, 0.5) is 0 Å². The topological polar surface area (TPSA) is 50.5 Å². The van der Waals surface area contributed by atoms with Crippen molar-refractivity contribution in [3.05, 3.63) is 29.7 Å². The van der Waals surface area contributed by atoms with Crippen molar-refractivity contribution in [3.8, 4) is 0 Å². The SMILES string of the molecule is CCN1CCC(c2nnc3cccc(C=O)n23)CC1. The molecule has 3 rings (SSSR count). The number of hydrogen-bond donors (Lipinski definition) is 0. The Labute approximate surface area is 112 Å². The molecule has 0 bridgehead atoms. The van der Waals surface area contributed by atoms with Crippen LogP contribution < -0.4 is 0 Å². The lowest BCUT2D eigenvalue weighted by Crippen LogP contribution is -2.33. The van der Waals surface area contributed by atoms with Crippen LogP contribution in [0, 0.1) is 0 Å². The van der Waals surface area contributed by atoms with Crippen LogP contribution in [0.25, 0.3) is 5.65 Å². The molecule has 5 nitrogen and oxygen atoms in total. The van der Waals surface area contributed by atoms with Crippen molar-refractivity contribution in [1.82, 2.24) is 19.5 Å². The molecule has 2 aromatic heterocycles. The fraction of sp³-hybridized carbons (Fsp3) is 0.500. The van der Waals surface area contributed by atoms with Crippen LogP contribution in [-0.2, 0) is 0 Å². The Hall–Kier alpha value is -1.75. The highest BCUT2D eigenvalue weighted by molar-refractivity contribution is 5.74. The summed E-state index contributed by atoms with van der Waals surface area (Å²) in [7, 11) is 0. The monoisotopic (exact) mass is 258 g/mol. The molecular formula is C14H18N4O. The largest absolute Gasteiger partial charge is 0.304 e. The minimum absolute atomic E-state index is 0.402. The van der Waals surface area contributed by atoms with E-state index < -0.39 is 0 Å². The Bertz CT molecular complexity index is 584. The van der Waals surface area contributed by atoms with Crippen molar-refractivity contribution < 1.29 is 4.79 Å². The van der Waals surface area contributed by atoms with Crippen LogP contribution in [0.2, 0.25) is 0 Å². The number of carbonyl (C=O) groups excluding carboxylic acids is 1. The first-order valence-corrected chi connectivity index (χ1v) is 6.85. The second kappa shape index (κ2) is 5.09. The summed E-state index contributed by atoms with van der Waals surface area (Å²) < 4.78 is 1.90. The zero-order chi connectivity index (χ0) is 13.2. The first-order valence-electron chi connectivity index (χ1n) is 6.85. The smallest absolute Gasteiger partial charge is 0.166 e. The van der Waals surface area contributed by atoms with E-state index >= 15 is 0 Å². The van der Waals surface area contributed by atoms with Gasteiger partial charge in [0.1, 0.15) is 5.82 Å². The number of carbonyl (C=O) groups is 1. The second-order valence-corrected chi connectivity index (χ2v) is 5.03. The molecule has 1 aliphatic heterocycles. The predicted octanol–water partition coefficient (Wildman–Crippen LogP) is 1.74. The molecule has 3 heterocycles. The molecule has 100 valence electrons. The number of rotatable bonds is 3. The first-order chi connectivity index (χ1) is 9.33. The van der Waals surface area contributed by atoms with Crippen molar-refractivity contribution in [2.45, 2.75) is 25.7 Å². The van der Waals surface area contributed by atoms with Gasteiger partial charge < -0.3 is 4.90 Å². The molecule has 0 saturated carbocycles. The average molecular weight is 258 g/mol. The summed E-state index contributed by atoms with van der Waals surface area (Å²) in [5.74, 6) is 1.34. The summed E-state index contributed by atoms with van der Waals surface area (Å²) in [4.78, 5) is 13.6. The molecule has 1 fully saturated rings. The van der Waals surface area contributed by atoms with Crippen LogP contribution in [-0.4, -0.2) is 45.4 Å². The highest BCUT2D eigenvalue weighted by Gasteiger charge is 2.24. The van der Waals surface area contributed by atoms with Crippen molar-refractivity contribution >= 4 is 11.9 Å². The normalized spacial score (nSPS) is 17.9. The van der Waals surface area contributed by atoms with Crippen LogP contribution >= 0.6 is 0 Å². The van der Waals surface area contributed by atoms with E-state index in [1.165, 1.54) is 0 Å². The number of fused-ring (bicyclic) bond motifs is 1. The van der Waals surface area contributed by atoms with Gasteiger partial charge in [-0.15, -0.1) is 10.2 Å². The number of likely N-dealkylation sites (tertiary alicyclic amines) is 1. The highest BCUT2D eigenvalue weighted by Crippen LogP contribution is 2.27. The summed E-state index contributed by atoms with van der Waals surface area (Å²) in [5, 5.41) is 8.50. The molecule has 1 saturated heterocycles. The highest BCUT2D eigenvalue weighted by atomic mass is 16.1. The van der Waals surface area contributed by atoms with Gasteiger partial charge in [-0.3, -0.25) is 9.20 Å². The van der Waals surface area contributed by atoms with E-state index in [9.17, 15) is 4.79 Å². The Kier molecular flexibility index (Phi) is 3.29. The third-order valence-electron chi connectivity index (χ3n) is 4.00. The third kappa shape index (κ3) is 2.14. The van der Waals surface area contributed by atoms with Crippen LogP contribution in [0.3, 0.4) is 0 Å². The van der Waals surface area contributed by atoms with E-state index in [-0.39, 0.29) is 0 Å². The van der Waals surface area contributed by atoms with Crippen molar-refractivity contribution in [3.63, 3.8) is 0 Å². The van der Waals surface area contributed by atoms with Gasteiger partial charge >= 0.3 is 0 Å². The minimum Gasteiger partial charge on any atom is -0.304 e. The molecule has 5 heteroatoms. The maximum Gasteiger partial charge on any atom is 0.166 e. The van der Waals surface area contributed by atoms with Crippen LogP contribution in [0.1, 0.15) is 42.0 Å². The zero-order valence-corrected chi connectivity index (χ0v) is 11.1. The lowest BCUT2D eigenvalue weighted by atomic mass is 9.96. The van der Waals surface area contributed by atoms with E-state index in [0.717, 1.165) is 50.2 Å². The molecule has 0 atom stereocenters. The lowest BCUT2D eigenvalue weighted by Gasteiger charge is -2.30. The van der Waals surface area contributed by atoms with Gasteiger partial charge in [-0.25, -0.2) is 0 Å². The quantitative estimate of drug-likeness (QED) is 0.787. The number of hydrogen-bond acceptors (Lipinski definition) is 4. The summed E-state index contributed by atoms with van der Waals surface area (Å²) in [6, 6.07) is 5.55. The number of aromatic nitrogens is 3. The molecule has 19 heavy (non-hydrogen) atoms. The summed E-state index contributed by atoms with van der Waals surface area (Å²) in [5.41, 5.74) is 1.40. The Morgan fingerprint density at radius 2 is 2.11 bits per heavy atom. The Morgan fingerprint density at radius 3 is 2.79 bits per heavy atom. The second-order valence-electron chi connectivity index (χ2n) is 5.03. The van der Waals surface area contributed by atoms with Crippen LogP contribution in [0.15, 0.2) is 18.2 Å². The van der Waals surface area contributed by atoms with E-state index in [0.29, 0.717) is 11.6 Å². The molecule has 0 amide bonds. The number of piperidine rings is 1. The molecule has 0 aromatic carbocycles. The van der Waals surface area contributed by atoms with E-state index in [2.05, 4.69) is 22.0 Å². The molecule has 0 unspecified atom stereocenters. The maximum absolute atomic E-state index is 11.2. The molecule has 0 N–H and O–H groups in total. The zero-order valence-electron chi connectivity index (χ0n) is 11.1. The fourth-order valence-electron chi connectivity index (χ4n) is 2.85. The van der Waals surface area contributed by atoms with Gasteiger partial charge in [0.25, 0.3) is 0 Å². The van der Waals surface area contributed by atoms with Gasteiger partial charge in [0.15, 0.2) is 11.9 Å². The fourth-order valence-corrected chi connectivity index (χ4v) is 2.85. The van der Waals surface area contributed by atoms with Gasteiger partial charge in [0, 0.05) is 5.92 Å². The summed E-state index contributed by atoms with van der Waals surface area (Å²) in [6.45, 7) is 5.49. The Morgan fingerprint density at radius 1 is 1.32 bits per heavy atom. The van der Waals surface area contributed by atoms with Crippen molar-refractivity contribution in [2.24, 2.45) is 0 Å². The summed E-state index contributed by atoms with van der Waals surface area (Å²) in [6.07, 6.45) is 3.05. The molecule has 0 radical (unpaired) electrons. The molecule has 0 spiro atoms. The van der Waals surface area contributed by atoms with E-state index in [4.69, 9.17) is 0 Å². The van der Waals surface area contributed by atoms with Gasteiger partial charge in [-0.05, 0) is 44.6 Å².